The van der Waals surface area contributed by atoms with Gasteiger partial charge in [0.1, 0.15) is 0 Å². The molecule has 1 rings (SSSR count). The third-order valence-electron chi connectivity index (χ3n) is 2.69. The van der Waals surface area contributed by atoms with E-state index in [0.717, 1.165) is 5.56 Å². The number of aliphatic hydroxyl groups is 1. The summed E-state index contributed by atoms with van der Waals surface area (Å²) >= 11 is 0. The van der Waals surface area contributed by atoms with E-state index in [2.05, 4.69) is 10.6 Å². The largest absolute Gasteiger partial charge is 0.396 e. The Labute approximate surface area is 113 Å². The van der Waals surface area contributed by atoms with Gasteiger partial charge in [0.05, 0.1) is 0 Å². The maximum atomic E-state index is 11.6. The molecule has 0 radical (unpaired) electrons. The average Bonchev–Trinajstić information content (AvgIpc) is 2.39. The van der Waals surface area contributed by atoms with Gasteiger partial charge in [0, 0.05) is 18.3 Å². The summed E-state index contributed by atoms with van der Waals surface area (Å²) in [5.41, 5.74) is 1.67. The van der Waals surface area contributed by atoms with Crippen LogP contribution >= 0.6 is 0 Å². The van der Waals surface area contributed by atoms with Crippen LogP contribution in [0.1, 0.15) is 25.3 Å². The topological polar surface area (TPSA) is 78.4 Å². The molecule has 0 aliphatic rings. The number of aryl methyl sites for hydroxylation is 1. The molecule has 0 aromatic heterocycles. The van der Waals surface area contributed by atoms with Gasteiger partial charge in [-0.2, -0.15) is 0 Å². The molecule has 1 aromatic carbocycles. The van der Waals surface area contributed by atoms with Crippen molar-refractivity contribution in [2.24, 2.45) is 0 Å². The van der Waals surface area contributed by atoms with Crippen LogP contribution in [0.3, 0.4) is 0 Å². The summed E-state index contributed by atoms with van der Waals surface area (Å²) in [4.78, 5) is 23.2. The second-order valence-corrected chi connectivity index (χ2v) is 4.56. The van der Waals surface area contributed by atoms with E-state index in [9.17, 15) is 9.59 Å². The number of rotatable bonds is 5. The van der Waals surface area contributed by atoms with E-state index in [4.69, 9.17) is 5.11 Å². The van der Waals surface area contributed by atoms with E-state index in [1.807, 2.05) is 19.1 Å². The molecule has 0 saturated carbocycles. The fourth-order valence-corrected chi connectivity index (χ4v) is 1.58. The maximum absolute atomic E-state index is 11.6. The lowest BCUT2D eigenvalue weighted by atomic mass is 10.2. The average molecular weight is 264 g/mol. The summed E-state index contributed by atoms with van der Waals surface area (Å²) in [6.45, 7) is 3.82. The van der Waals surface area contributed by atoms with Gasteiger partial charge in [0.15, 0.2) is 0 Å². The molecule has 0 fully saturated rings. The SMILES string of the molecule is Cc1ccc(NC(=O)C(=O)NC(C)CCCO)cc1. The van der Waals surface area contributed by atoms with Crippen LogP contribution in [0.5, 0.6) is 0 Å². The number of anilines is 1. The lowest BCUT2D eigenvalue weighted by molar-refractivity contribution is -0.136. The van der Waals surface area contributed by atoms with Crippen molar-refractivity contribution in [3.05, 3.63) is 29.8 Å². The van der Waals surface area contributed by atoms with Crippen LogP contribution in [-0.4, -0.2) is 29.6 Å². The van der Waals surface area contributed by atoms with Crippen LogP contribution in [0.15, 0.2) is 24.3 Å². The molecule has 1 atom stereocenters. The summed E-state index contributed by atoms with van der Waals surface area (Å²) in [7, 11) is 0. The number of benzene rings is 1. The van der Waals surface area contributed by atoms with Gasteiger partial charge < -0.3 is 15.7 Å². The van der Waals surface area contributed by atoms with Gasteiger partial charge in [0.2, 0.25) is 0 Å². The first-order valence-electron chi connectivity index (χ1n) is 6.32. The highest BCUT2D eigenvalue weighted by atomic mass is 16.3. The summed E-state index contributed by atoms with van der Waals surface area (Å²) < 4.78 is 0. The zero-order valence-electron chi connectivity index (χ0n) is 11.3. The van der Waals surface area contributed by atoms with Crippen molar-refractivity contribution in [1.29, 1.82) is 0 Å². The Kier molecular flexibility index (Phi) is 6.02. The third kappa shape index (κ3) is 5.52. The van der Waals surface area contributed by atoms with Gasteiger partial charge in [0.25, 0.3) is 0 Å². The summed E-state index contributed by atoms with van der Waals surface area (Å²) in [5.74, 6) is -1.34. The van der Waals surface area contributed by atoms with E-state index < -0.39 is 11.8 Å². The normalized spacial score (nSPS) is 11.7. The van der Waals surface area contributed by atoms with E-state index in [1.165, 1.54) is 0 Å². The quantitative estimate of drug-likeness (QED) is 0.699. The minimum atomic E-state index is -0.681. The van der Waals surface area contributed by atoms with Gasteiger partial charge >= 0.3 is 11.8 Å². The molecule has 0 saturated heterocycles. The number of amides is 2. The van der Waals surface area contributed by atoms with E-state index >= 15 is 0 Å². The van der Waals surface area contributed by atoms with Crippen molar-refractivity contribution in [3.8, 4) is 0 Å². The Morgan fingerprint density at radius 1 is 1.21 bits per heavy atom. The van der Waals surface area contributed by atoms with Crippen molar-refractivity contribution < 1.29 is 14.7 Å². The molecule has 2 amide bonds. The Morgan fingerprint density at radius 2 is 1.84 bits per heavy atom. The van der Waals surface area contributed by atoms with Gasteiger partial charge in [-0.15, -0.1) is 0 Å². The van der Waals surface area contributed by atoms with Crippen molar-refractivity contribution in [2.45, 2.75) is 32.7 Å². The van der Waals surface area contributed by atoms with Crippen molar-refractivity contribution >= 4 is 17.5 Å². The molecule has 5 nitrogen and oxygen atoms in total. The summed E-state index contributed by atoms with van der Waals surface area (Å²) in [6, 6.07) is 7.07. The van der Waals surface area contributed by atoms with Gasteiger partial charge in [-0.3, -0.25) is 9.59 Å². The van der Waals surface area contributed by atoms with Crippen LogP contribution in [0.2, 0.25) is 0 Å². The first-order valence-corrected chi connectivity index (χ1v) is 6.32. The number of carbonyl (C=O) groups excluding carboxylic acids is 2. The second-order valence-electron chi connectivity index (χ2n) is 4.56. The van der Waals surface area contributed by atoms with Gasteiger partial charge in [-0.1, -0.05) is 17.7 Å². The highest BCUT2D eigenvalue weighted by Gasteiger charge is 2.15. The number of carbonyl (C=O) groups is 2. The molecule has 3 N–H and O–H groups in total. The fraction of sp³-hybridized carbons (Fsp3) is 0.429. The van der Waals surface area contributed by atoms with Crippen molar-refractivity contribution in [3.63, 3.8) is 0 Å². The predicted octanol–water partition coefficient (Wildman–Crippen LogP) is 1.21. The molecule has 104 valence electrons. The first kappa shape index (κ1) is 15.2. The molecule has 0 bridgehead atoms. The molecular formula is C14H20N2O3. The van der Waals surface area contributed by atoms with E-state index in [1.54, 1.807) is 19.1 Å². The van der Waals surface area contributed by atoms with Crippen LogP contribution in [0.4, 0.5) is 5.69 Å². The van der Waals surface area contributed by atoms with Gasteiger partial charge in [-0.05, 0) is 38.8 Å². The lowest BCUT2D eigenvalue weighted by Gasteiger charge is -2.13. The Balaban J connectivity index is 2.44. The first-order chi connectivity index (χ1) is 9.02. The Morgan fingerprint density at radius 3 is 2.42 bits per heavy atom. The van der Waals surface area contributed by atoms with E-state index in [-0.39, 0.29) is 12.6 Å². The third-order valence-corrected chi connectivity index (χ3v) is 2.69. The zero-order chi connectivity index (χ0) is 14.3. The molecular weight excluding hydrogens is 244 g/mol. The van der Waals surface area contributed by atoms with Gasteiger partial charge in [-0.25, -0.2) is 0 Å². The Hall–Kier alpha value is -1.88. The minimum absolute atomic E-state index is 0.0791. The number of hydrogen-bond acceptors (Lipinski definition) is 3. The molecule has 1 unspecified atom stereocenters. The number of hydrogen-bond donors (Lipinski definition) is 3. The predicted molar refractivity (Wildman–Crippen MR) is 73.7 cm³/mol. The smallest absolute Gasteiger partial charge is 0.313 e. The second kappa shape index (κ2) is 7.53. The highest BCUT2D eigenvalue weighted by molar-refractivity contribution is 6.39. The lowest BCUT2D eigenvalue weighted by Crippen LogP contribution is -2.40. The Bertz CT molecular complexity index is 429. The van der Waals surface area contributed by atoms with Crippen LogP contribution in [0, 0.1) is 6.92 Å². The molecule has 5 heteroatoms. The molecule has 19 heavy (non-hydrogen) atoms. The number of nitrogens with one attached hydrogen (secondary N) is 2. The number of aliphatic hydroxyl groups excluding tert-OH is 1. The molecule has 0 aliphatic heterocycles. The zero-order valence-corrected chi connectivity index (χ0v) is 11.3. The summed E-state index contributed by atoms with van der Waals surface area (Å²) in [6.07, 6.45) is 1.24. The standard InChI is InChI=1S/C14H20N2O3/c1-10-5-7-12(8-6-10)16-14(19)13(18)15-11(2)4-3-9-17/h5-8,11,17H,3-4,9H2,1-2H3,(H,15,18)(H,16,19). The van der Waals surface area contributed by atoms with Crippen molar-refractivity contribution in [1.82, 2.24) is 5.32 Å². The van der Waals surface area contributed by atoms with Crippen LogP contribution in [-0.2, 0) is 9.59 Å². The fourth-order valence-electron chi connectivity index (χ4n) is 1.58. The van der Waals surface area contributed by atoms with Crippen LogP contribution in [0.25, 0.3) is 0 Å². The highest BCUT2D eigenvalue weighted by Crippen LogP contribution is 2.08. The molecule has 0 spiro atoms. The molecule has 0 aliphatic carbocycles. The molecule has 0 heterocycles. The van der Waals surface area contributed by atoms with E-state index in [0.29, 0.717) is 18.5 Å². The maximum Gasteiger partial charge on any atom is 0.313 e. The van der Waals surface area contributed by atoms with Crippen molar-refractivity contribution in [2.75, 3.05) is 11.9 Å². The summed E-state index contributed by atoms with van der Waals surface area (Å²) in [5, 5.41) is 13.8. The minimum Gasteiger partial charge on any atom is -0.396 e. The van der Waals surface area contributed by atoms with Crippen LogP contribution < -0.4 is 10.6 Å². The molecule has 1 aromatic rings. The monoisotopic (exact) mass is 264 g/mol.